The standard InChI is InChI=1S/C14H17NO5S/c1-9-3-2-4-11(14(17)18)13(9)15-12(16)7-10-5-6-21(19,20)8-10/h2-4,10H,5-8H2,1H3,(H,15,16)(H,17,18). The SMILES string of the molecule is Cc1cccc(C(=O)O)c1NC(=O)CC1CCS(=O)(=O)C1. The third-order valence-electron chi connectivity index (χ3n) is 3.57. The Morgan fingerprint density at radius 1 is 1.38 bits per heavy atom. The average molecular weight is 311 g/mol. The molecule has 1 unspecified atom stereocenters. The molecule has 1 aliphatic heterocycles. The van der Waals surface area contributed by atoms with Gasteiger partial charge in [0.1, 0.15) is 0 Å². The molecule has 0 spiro atoms. The number of carboxylic acids is 1. The van der Waals surface area contributed by atoms with Crippen molar-refractivity contribution >= 4 is 27.4 Å². The molecule has 1 aliphatic rings. The van der Waals surface area contributed by atoms with Gasteiger partial charge in [0.25, 0.3) is 0 Å². The van der Waals surface area contributed by atoms with Gasteiger partial charge in [0.2, 0.25) is 5.91 Å². The van der Waals surface area contributed by atoms with Crippen LogP contribution in [0.1, 0.15) is 28.8 Å². The highest BCUT2D eigenvalue weighted by atomic mass is 32.2. The second kappa shape index (κ2) is 5.85. The van der Waals surface area contributed by atoms with Crippen LogP contribution in [-0.2, 0) is 14.6 Å². The first-order valence-electron chi connectivity index (χ1n) is 6.61. The summed E-state index contributed by atoms with van der Waals surface area (Å²) in [5.41, 5.74) is 0.959. The van der Waals surface area contributed by atoms with E-state index < -0.39 is 15.8 Å². The van der Waals surface area contributed by atoms with E-state index in [0.29, 0.717) is 12.0 Å². The molecule has 7 heteroatoms. The first-order valence-corrected chi connectivity index (χ1v) is 8.44. The molecule has 0 radical (unpaired) electrons. The average Bonchev–Trinajstić information content (AvgIpc) is 2.70. The van der Waals surface area contributed by atoms with Crippen molar-refractivity contribution in [1.29, 1.82) is 0 Å². The minimum absolute atomic E-state index is 0.0278. The summed E-state index contributed by atoms with van der Waals surface area (Å²) in [5, 5.41) is 11.7. The van der Waals surface area contributed by atoms with E-state index in [1.165, 1.54) is 6.07 Å². The molecule has 0 aromatic heterocycles. The molecule has 1 amide bonds. The summed E-state index contributed by atoms with van der Waals surface area (Å²) < 4.78 is 22.7. The first-order chi connectivity index (χ1) is 9.78. The Labute approximate surface area is 123 Å². The molecule has 1 heterocycles. The zero-order valence-corrected chi connectivity index (χ0v) is 12.4. The van der Waals surface area contributed by atoms with Gasteiger partial charge in [0, 0.05) is 6.42 Å². The number of carboxylic acid groups (broad SMARTS) is 1. The van der Waals surface area contributed by atoms with Gasteiger partial charge in [-0.2, -0.15) is 0 Å². The fraction of sp³-hybridized carbons (Fsp3) is 0.429. The topological polar surface area (TPSA) is 101 Å². The highest BCUT2D eigenvalue weighted by Crippen LogP contribution is 2.24. The summed E-state index contributed by atoms with van der Waals surface area (Å²) in [6, 6.07) is 4.74. The van der Waals surface area contributed by atoms with E-state index in [2.05, 4.69) is 5.32 Å². The van der Waals surface area contributed by atoms with Crippen molar-refractivity contribution in [2.45, 2.75) is 19.8 Å². The van der Waals surface area contributed by atoms with Crippen molar-refractivity contribution in [3.63, 3.8) is 0 Å². The molecule has 1 fully saturated rings. The number of hydrogen-bond acceptors (Lipinski definition) is 4. The van der Waals surface area contributed by atoms with Crippen LogP contribution in [0.4, 0.5) is 5.69 Å². The van der Waals surface area contributed by atoms with Gasteiger partial charge in [-0.15, -0.1) is 0 Å². The number of aromatic carboxylic acids is 1. The lowest BCUT2D eigenvalue weighted by atomic mass is 10.0. The fourth-order valence-electron chi connectivity index (χ4n) is 2.50. The van der Waals surface area contributed by atoms with Gasteiger partial charge in [-0.1, -0.05) is 12.1 Å². The van der Waals surface area contributed by atoms with Crippen molar-refractivity contribution in [2.24, 2.45) is 5.92 Å². The Kier molecular flexibility index (Phi) is 4.32. The van der Waals surface area contributed by atoms with Gasteiger partial charge < -0.3 is 10.4 Å². The van der Waals surface area contributed by atoms with Gasteiger partial charge in [-0.05, 0) is 30.9 Å². The second-order valence-electron chi connectivity index (χ2n) is 5.32. The molecule has 1 aromatic carbocycles. The number of anilines is 1. The molecular weight excluding hydrogens is 294 g/mol. The molecule has 1 aromatic rings. The third kappa shape index (κ3) is 3.81. The number of hydrogen-bond donors (Lipinski definition) is 2. The smallest absolute Gasteiger partial charge is 0.337 e. The fourth-order valence-corrected chi connectivity index (χ4v) is 4.36. The molecule has 2 rings (SSSR count). The maximum Gasteiger partial charge on any atom is 0.337 e. The van der Waals surface area contributed by atoms with Gasteiger partial charge in [0.05, 0.1) is 22.8 Å². The largest absolute Gasteiger partial charge is 0.478 e. The van der Waals surface area contributed by atoms with Gasteiger partial charge in [-0.3, -0.25) is 4.79 Å². The summed E-state index contributed by atoms with van der Waals surface area (Å²) in [4.78, 5) is 23.2. The molecule has 0 bridgehead atoms. The Morgan fingerprint density at radius 2 is 2.10 bits per heavy atom. The van der Waals surface area contributed by atoms with Crippen LogP contribution in [0.25, 0.3) is 0 Å². The third-order valence-corrected chi connectivity index (χ3v) is 5.41. The minimum Gasteiger partial charge on any atom is -0.478 e. The van der Waals surface area contributed by atoms with Crippen LogP contribution in [0.3, 0.4) is 0 Å². The molecular formula is C14H17NO5S. The lowest BCUT2D eigenvalue weighted by Crippen LogP contribution is -2.19. The molecule has 2 N–H and O–H groups in total. The van der Waals surface area contributed by atoms with Crippen LogP contribution < -0.4 is 5.32 Å². The van der Waals surface area contributed by atoms with Crippen molar-refractivity contribution < 1.29 is 23.1 Å². The summed E-state index contributed by atoms with van der Waals surface area (Å²) in [5.74, 6) is -1.51. The van der Waals surface area contributed by atoms with E-state index in [1.807, 2.05) is 0 Å². The zero-order chi connectivity index (χ0) is 15.6. The highest BCUT2D eigenvalue weighted by molar-refractivity contribution is 7.91. The monoisotopic (exact) mass is 311 g/mol. The number of sulfone groups is 1. The normalized spacial score (nSPS) is 20.1. The van der Waals surface area contributed by atoms with E-state index in [-0.39, 0.29) is 41.0 Å². The van der Waals surface area contributed by atoms with Crippen LogP contribution in [0, 0.1) is 12.8 Å². The van der Waals surface area contributed by atoms with Gasteiger partial charge in [0.15, 0.2) is 9.84 Å². The molecule has 1 atom stereocenters. The van der Waals surface area contributed by atoms with Gasteiger partial charge in [-0.25, -0.2) is 13.2 Å². The number of carbonyl (C=O) groups excluding carboxylic acids is 1. The summed E-state index contributed by atoms with van der Waals surface area (Å²) in [6.45, 7) is 1.71. The predicted octanol–water partition coefficient (Wildman–Crippen LogP) is 1.46. The van der Waals surface area contributed by atoms with E-state index in [4.69, 9.17) is 5.11 Å². The summed E-state index contributed by atoms with van der Waals surface area (Å²) >= 11 is 0. The number of para-hydroxylation sites is 1. The highest BCUT2D eigenvalue weighted by Gasteiger charge is 2.29. The lowest BCUT2D eigenvalue weighted by molar-refractivity contribution is -0.116. The number of rotatable bonds is 4. The molecule has 1 saturated heterocycles. The van der Waals surface area contributed by atoms with Crippen molar-refractivity contribution in [3.8, 4) is 0 Å². The molecule has 21 heavy (non-hydrogen) atoms. The summed E-state index contributed by atoms with van der Waals surface area (Å²) in [6.07, 6.45) is 0.571. The Bertz CT molecular complexity index is 681. The van der Waals surface area contributed by atoms with Crippen molar-refractivity contribution in [2.75, 3.05) is 16.8 Å². The number of benzene rings is 1. The molecule has 0 aliphatic carbocycles. The molecule has 6 nitrogen and oxygen atoms in total. The minimum atomic E-state index is -3.02. The number of aryl methyl sites for hydroxylation is 1. The van der Waals surface area contributed by atoms with Crippen LogP contribution >= 0.6 is 0 Å². The van der Waals surface area contributed by atoms with Crippen molar-refractivity contribution in [3.05, 3.63) is 29.3 Å². The van der Waals surface area contributed by atoms with Crippen LogP contribution in [0.5, 0.6) is 0 Å². The Morgan fingerprint density at radius 3 is 2.67 bits per heavy atom. The maximum absolute atomic E-state index is 12.0. The number of carbonyl (C=O) groups is 2. The first kappa shape index (κ1) is 15.5. The predicted molar refractivity (Wildman–Crippen MR) is 78.1 cm³/mol. The molecule has 0 saturated carbocycles. The van der Waals surface area contributed by atoms with E-state index in [9.17, 15) is 18.0 Å². The zero-order valence-electron chi connectivity index (χ0n) is 11.6. The molecule has 114 valence electrons. The second-order valence-corrected chi connectivity index (χ2v) is 7.55. The van der Waals surface area contributed by atoms with Crippen molar-refractivity contribution in [1.82, 2.24) is 0 Å². The van der Waals surface area contributed by atoms with Gasteiger partial charge >= 0.3 is 5.97 Å². The number of nitrogens with one attached hydrogen (secondary N) is 1. The Hall–Kier alpha value is -1.89. The quantitative estimate of drug-likeness (QED) is 0.876. The maximum atomic E-state index is 12.0. The number of amides is 1. The Balaban J connectivity index is 2.09. The van der Waals surface area contributed by atoms with Crippen LogP contribution in [0.15, 0.2) is 18.2 Å². The van der Waals surface area contributed by atoms with Crippen LogP contribution in [-0.4, -0.2) is 36.9 Å². The van der Waals surface area contributed by atoms with E-state index in [1.54, 1.807) is 19.1 Å². The van der Waals surface area contributed by atoms with E-state index >= 15 is 0 Å². The summed E-state index contributed by atoms with van der Waals surface area (Å²) in [7, 11) is -3.02. The van der Waals surface area contributed by atoms with Crippen LogP contribution in [0.2, 0.25) is 0 Å². The lowest BCUT2D eigenvalue weighted by Gasteiger charge is -2.13. The van der Waals surface area contributed by atoms with E-state index in [0.717, 1.165) is 0 Å².